The third-order valence-corrected chi connectivity index (χ3v) is 5.22. The Morgan fingerprint density at radius 1 is 1.26 bits per heavy atom. The van der Waals surface area contributed by atoms with Crippen molar-refractivity contribution in [1.29, 1.82) is 0 Å². The van der Waals surface area contributed by atoms with Gasteiger partial charge in [-0.3, -0.25) is 4.79 Å². The lowest BCUT2D eigenvalue weighted by atomic mass is 10.1. The minimum atomic E-state index is -0.327. The molecular formula is C18H28N2O2S. The second-order valence-corrected chi connectivity index (χ2v) is 7.59. The fourth-order valence-electron chi connectivity index (χ4n) is 2.85. The molecule has 1 heterocycles. The van der Waals surface area contributed by atoms with Gasteiger partial charge in [0.05, 0.1) is 17.9 Å². The number of piperidine rings is 1. The van der Waals surface area contributed by atoms with Crippen LogP contribution in [0.15, 0.2) is 30.3 Å². The number of hydrogen-bond donors (Lipinski definition) is 2. The standard InChI is InChI=1S/C18H28N2O2S/c1-15(19-18(22)12-16-8-4-2-5-9-16)23-14-17(21)13-20-10-6-3-7-11-20/h2,4-5,8-9,15,17,21H,3,6-7,10-14H2,1H3,(H,19,22). The van der Waals surface area contributed by atoms with Gasteiger partial charge in [0.25, 0.3) is 0 Å². The van der Waals surface area contributed by atoms with Crippen molar-refractivity contribution in [3.63, 3.8) is 0 Å². The molecule has 2 rings (SSSR count). The average molecular weight is 337 g/mol. The molecule has 0 aromatic heterocycles. The van der Waals surface area contributed by atoms with Gasteiger partial charge in [0, 0.05) is 12.3 Å². The minimum Gasteiger partial charge on any atom is -0.391 e. The monoisotopic (exact) mass is 336 g/mol. The van der Waals surface area contributed by atoms with Gasteiger partial charge in [-0.25, -0.2) is 0 Å². The molecule has 0 radical (unpaired) electrons. The number of aliphatic hydroxyl groups is 1. The van der Waals surface area contributed by atoms with E-state index in [1.165, 1.54) is 19.3 Å². The van der Waals surface area contributed by atoms with E-state index in [1.54, 1.807) is 11.8 Å². The Kier molecular flexibility index (Phi) is 7.92. The van der Waals surface area contributed by atoms with Gasteiger partial charge in [-0.2, -0.15) is 0 Å². The summed E-state index contributed by atoms with van der Waals surface area (Å²) in [5.41, 5.74) is 1.02. The van der Waals surface area contributed by atoms with E-state index in [-0.39, 0.29) is 17.4 Å². The lowest BCUT2D eigenvalue weighted by Gasteiger charge is -2.28. The molecule has 1 aromatic carbocycles. The number of rotatable bonds is 8. The molecule has 1 aromatic rings. The Hall–Kier alpha value is -1.04. The van der Waals surface area contributed by atoms with Gasteiger partial charge in [0.1, 0.15) is 0 Å². The highest BCUT2D eigenvalue weighted by Gasteiger charge is 2.16. The smallest absolute Gasteiger partial charge is 0.225 e. The van der Waals surface area contributed by atoms with Crippen LogP contribution >= 0.6 is 11.8 Å². The van der Waals surface area contributed by atoms with E-state index < -0.39 is 0 Å². The molecule has 0 saturated carbocycles. The molecular weight excluding hydrogens is 308 g/mol. The lowest BCUT2D eigenvalue weighted by Crippen LogP contribution is -2.38. The second kappa shape index (κ2) is 9.96. The Morgan fingerprint density at radius 2 is 1.96 bits per heavy atom. The van der Waals surface area contributed by atoms with E-state index in [4.69, 9.17) is 0 Å². The van der Waals surface area contributed by atoms with E-state index in [0.29, 0.717) is 12.2 Å². The van der Waals surface area contributed by atoms with Crippen LogP contribution in [0.2, 0.25) is 0 Å². The number of β-amino-alcohol motifs (C(OH)–C–C–N with tert-alkyl or cyclic N) is 1. The number of likely N-dealkylation sites (tertiary alicyclic amines) is 1. The highest BCUT2D eigenvalue weighted by Crippen LogP contribution is 2.13. The van der Waals surface area contributed by atoms with Gasteiger partial charge >= 0.3 is 0 Å². The number of aliphatic hydroxyl groups excluding tert-OH is 1. The first-order chi connectivity index (χ1) is 11.1. The number of hydrogen-bond acceptors (Lipinski definition) is 4. The van der Waals surface area contributed by atoms with Crippen LogP contribution in [0.1, 0.15) is 31.7 Å². The van der Waals surface area contributed by atoms with Crippen LogP contribution in [0.25, 0.3) is 0 Å². The summed E-state index contributed by atoms with van der Waals surface area (Å²) in [6.45, 7) is 4.93. The molecule has 1 aliphatic heterocycles. The van der Waals surface area contributed by atoms with Gasteiger partial charge < -0.3 is 15.3 Å². The lowest BCUT2D eigenvalue weighted by molar-refractivity contribution is -0.120. The molecule has 2 N–H and O–H groups in total. The summed E-state index contributed by atoms with van der Waals surface area (Å²) < 4.78 is 0. The van der Waals surface area contributed by atoms with Crippen molar-refractivity contribution in [3.05, 3.63) is 35.9 Å². The fraction of sp³-hybridized carbons (Fsp3) is 0.611. The number of carbonyl (C=O) groups is 1. The van der Waals surface area contributed by atoms with Crippen molar-refractivity contribution in [1.82, 2.24) is 10.2 Å². The first-order valence-electron chi connectivity index (χ1n) is 8.49. The van der Waals surface area contributed by atoms with Gasteiger partial charge in [-0.15, -0.1) is 11.8 Å². The SMILES string of the molecule is CC(NC(=O)Cc1ccccc1)SCC(O)CN1CCCCC1. The highest BCUT2D eigenvalue weighted by molar-refractivity contribution is 7.99. The third kappa shape index (κ3) is 7.38. The maximum Gasteiger partial charge on any atom is 0.225 e. The Labute approximate surface area is 143 Å². The van der Waals surface area contributed by atoms with E-state index >= 15 is 0 Å². The number of nitrogens with one attached hydrogen (secondary N) is 1. The maximum atomic E-state index is 12.0. The van der Waals surface area contributed by atoms with E-state index in [9.17, 15) is 9.90 Å². The quantitative estimate of drug-likeness (QED) is 0.715. The van der Waals surface area contributed by atoms with Crippen molar-refractivity contribution in [3.8, 4) is 0 Å². The zero-order valence-corrected chi connectivity index (χ0v) is 14.7. The summed E-state index contributed by atoms with van der Waals surface area (Å²) in [5.74, 6) is 0.685. The van der Waals surface area contributed by atoms with Gasteiger partial charge in [-0.1, -0.05) is 36.8 Å². The number of thioether (sulfide) groups is 1. The zero-order chi connectivity index (χ0) is 16.5. The number of benzene rings is 1. The summed E-state index contributed by atoms with van der Waals surface area (Å²) in [6.07, 6.45) is 3.87. The van der Waals surface area contributed by atoms with E-state index in [1.807, 2.05) is 37.3 Å². The molecule has 1 amide bonds. The Bertz CT molecular complexity index is 463. The van der Waals surface area contributed by atoms with E-state index in [0.717, 1.165) is 25.2 Å². The van der Waals surface area contributed by atoms with Crippen LogP contribution in [-0.4, -0.2) is 52.8 Å². The van der Waals surface area contributed by atoms with Crippen molar-refractivity contribution in [2.45, 2.75) is 44.1 Å². The molecule has 0 bridgehead atoms. The van der Waals surface area contributed by atoms with Crippen LogP contribution < -0.4 is 5.32 Å². The number of nitrogens with zero attached hydrogens (tertiary/aromatic N) is 1. The Balaban J connectivity index is 1.61. The predicted octanol–water partition coefficient (Wildman–Crippen LogP) is 2.27. The molecule has 0 spiro atoms. The Morgan fingerprint density at radius 3 is 2.65 bits per heavy atom. The van der Waals surface area contributed by atoms with Crippen LogP contribution in [0.5, 0.6) is 0 Å². The first kappa shape index (κ1) is 18.3. The first-order valence-corrected chi connectivity index (χ1v) is 9.53. The third-order valence-electron chi connectivity index (χ3n) is 4.03. The number of amides is 1. The fourth-order valence-corrected chi connectivity index (χ4v) is 3.68. The molecule has 23 heavy (non-hydrogen) atoms. The van der Waals surface area contributed by atoms with Crippen LogP contribution in [0.4, 0.5) is 0 Å². The van der Waals surface area contributed by atoms with Gasteiger partial charge in [0.15, 0.2) is 0 Å². The molecule has 2 unspecified atom stereocenters. The summed E-state index contributed by atoms with van der Waals surface area (Å²) in [5, 5.41) is 13.1. The summed E-state index contributed by atoms with van der Waals surface area (Å²) in [4.78, 5) is 14.3. The molecule has 4 nitrogen and oxygen atoms in total. The van der Waals surface area contributed by atoms with Crippen LogP contribution in [-0.2, 0) is 11.2 Å². The van der Waals surface area contributed by atoms with Crippen LogP contribution in [0.3, 0.4) is 0 Å². The molecule has 1 aliphatic rings. The molecule has 1 fully saturated rings. The van der Waals surface area contributed by atoms with Crippen LogP contribution in [0, 0.1) is 0 Å². The zero-order valence-electron chi connectivity index (χ0n) is 13.9. The van der Waals surface area contributed by atoms with Crippen molar-refractivity contribution >= 4 is 17.7 Å². The average Bonchev–Trinajstić information content (AvgIpc) is 2.55. The second-order valence-electron chi connectivity index (χ2n) is 6.22. The largest absolute Gasteiger partial charge is 0.391 e. The highest BCUT2D eigenvalue weighted by atomic mass is 32.2. The molecule has 5 heteroatoms. The molecule has 2 atom stereocenters. The summed E-state index contributed by atoms with van der Waals surface area (Å²) in [6, 6.07) is 9.75. The van der Waals surface area contributed by atoms with E-state index in [2.05, 4.69) is 10.2 Å². The predicted molar refractivity (Wildman–Crippen MR) is 96.5 cm³/mol. The summed E-state index contributed by atoms with van der Waals surface area (Å²) >= 11 is 1.60. The molecule has 0 aliphatic carbocycles. The van der Waals surface area contributed by atoms with Gasteiger partial charge in [-0.05, 0) is 38.4 Å². The van der Waals surface area contributed by atoms with Gasteiger partial charge in [0.2, 0.25) is 5.91 Å². The normalized spacial score (nSPS) is 18.3. The summed E-state index contributed by atoms with van der Waals surface area (Å²) in [7, 11) is 0. The molecule has 1 saturated heterocycles. The molecule has 128 valence electrons. The topological polar surface area (TPSA) is 52.6 Å². The van der Waals surface area contributed by atoms with Crippen molar-refractivity contribution < 1.29 is 9.90 Å². The maximum absolute atomic E-state index is 12.0. The van der Waals surface area contributed by atoms with Crippen molar-refractivity contribution in [2.24, 2.45) is 0 Å². The number of carbonyl (C=O) groups excluding carboxylic acids is 1. The van der Waals surface area contributed by atoms with Crippen molar-refractivity contribution in [2.75, 3.05) is 25.4 Å². The minimum absolute atomic E-state index is 0.0159.